The molecule has 214 valence electrons. The summed E-state index contributed by atoms with van der Waals surface area (Å²) in [4.78, 5) is 10.4. The summed E-state index contributed by atoms with van der Waals surface area (Å²) in [5.74, 6) is 0.708. The summed E-state index contributed by atoms with van der Waals surface area (Å²) in [5, 5.41) is 8.25. The number of hydrogen-bond donors (Lipinski definition) is 0. The Balaban J connectivity index is 1.23. The van der Waals surface area contributed by atoms with Gasteiger partial charge in [0.2, 0.25) is 0 Å². The van der Waals surface area contributed by atoms with Crippen molar-refractivity contribution in [2.24, 2.45) is 0 Å². The fraction of sp³-hybridized carbons (Fsp3) is 0. The van der Waals surface area contributed by atoms with Gasteiger partial charge in [0.1, 0.15) is 11.2 Å². The molecule has 0 unspecified atom stereocenters. The first kappa shape index (κ1) is 25.5. The summed E-state index contributed by atoms with van der Waals surface area (Å²) < 4.78 is 8.77. The molecule has 0 bridgehead atoms. The van der Waals surface area contributed by atoms with Crippen molar-refractivity contribution in [1.82, 2.24) is 9.97 Å². The van der Waals surface area contributed by atoms with Crippen LogP contribution in [0, 0.1) is 0 Å². The van der Waals surface area contributed by atoms with Gasteiger partial charge in [-0.05, 0) is 70.4 Å². The van der Waals surface area contributed by atoms with Crippen molar-refractivity contribution in [3.05, 3.63) is 146 Å². The molecular formula is C42H24N2OS. The molecule has 0 fully saturated rings. The lowest BCUT2D eigenvalue weighted by Crippen LogP contribution is -1.95. The lowest BCUT2D eigenvalue weighted by Gasteiger charge is -2.12. The molecule has 0 radical (unpaired) electrons. The minimum atomic E-state index is 0.708. The molecule has 0 amide bonds. The number of aromatic nitrogens is 2. The molecule has 3 heterocycles. The van der Waals surface area contributed by atoms with Gasteiger partial charge in [0.25, 0.3) is 0 Å². The van der Waals surface area contributed by atoms with Gasteiger partial charge < -0.3 is 4.42 Å². The number of furan rings is 1. The van der Waals surface area contributed by atoms with E-state index in [-0.39, 0.29) is 0 Å². The quantitative estimate of drug-likeness (QED) is 0.201. The van der Waals surface area contributed by atoms with Gasteiger partial charge in [0.05, 0.1) is 11.2 Å². The average Bonchev–Trinajstić information content (AvgIpc) is 3.68. The highest BCUT2D eigenvalue weighted by atomic mass is 32.1. The smallest absolute Gasteiger partial charge is 0.160 e. The Morgan fingerprint density at radius 1 is 0.457 bits per heavy atom. The van der Waals surface area contributed by atoms with E-state index in [0.717, 1.165) is 49.7 Å². The summed E-state index contributed by atoms with van der Waals surface area (Å²) in [6, 6.07) is 51.4. The van der Waals surface area contributed by atoms with E-state index >= 15 is 0 Å². The maximum atomic E-state index is 6.27. The minimum absolute atomic E-state index is 0.708. The monoisotopic (exact) mass is 604 g/mol. The predicted molar refractivity (Wildman–Crippen MR) is 194 cm³/mol. The largest absolute Gasteiger partial charge is 0.456 e. The summed E-state index contributed by atoms with van der Waals surface area (Å²) >= 11 is 1.82. The molecule has 10 rings (SSSR count). The molecule has 0 spiro atoms. The van der Waals surface area contributed by atoms with Gasteiger partial charge in [0.15, 0.2) is 5.82 Å². The van der Waals surface area contributed by atoms with Crippen LogP contribution in [0.25, 0.3) is 97.6 Å². The van der Waals surface area contributed by atoms with Crippen LogP contribution in [-0.4, -0.2) is 9.97 Å². The van der Waals surface area contributed by atoms with Crippen LogP contribution in [0.3, 0.4) is 0 Å². The molecule has 0 aliphatic carbocycles. The molecule has 0 saturated carbocycles. The number of benzene rings is 7. The molecule has 0 atom stereocenters. The highest BCUT2D eigenvalue weighted by Gasteiger charge is 2.18. The van der Waals surface area contributed by atoms with Crippen LogP contribution < -0.4 is 0 Å². The Morgan fingerprint density at radius 3 is 2.13 bits per heavy atom. The summed E-state index contributed by atoms with van der Waals surface area (Å²) in [5.41, 5.74) is 7.93. The molecule has 0 aliphatic rings. The number of rotatable bonds is 3. The zero-order chi connectivity index (χ0) is 30.2. The number of para-hydroxylation sites is 2. The third-order valence-corrected chi connectivity index (χ3v) is 10.2. The molecular weight excluding hydrogens is 581 g/mol. The standard InChI is InChI=1S/C42H24N2OS/c1-2-10-26-21-27(18-17-25(26)9-1)34-22-29(24-39-40(34)33-13-5-8-16-38(33)46-39)42-43-35-14-6-3-12-32(35)41(44-42)28-19-20-31-30-11-4-7-15-36(30)45-37(31)23-28/h1-24H. The Morgan fingerprint density at radius 2 is 1.20 bits per heavy atom. The first-order valence-electron chi connectivity index (χ1n) is 15.4. The first-order chi connectivity index (χ1) is 22.8. The SMILES string of the molecule is c1ccc2cc(-c3cc(-c4nc(-c5ccc6c(c5)oc5ccccc56)c5ccccc5n4)cc4sc5ccccc5c34)ccc2c1. The molecule has 0 aliphatic heterocycles. The number of thiophene rings is 1. The molecule has 7 aromatic carbocycles. The highest BCUT2D eigenvalue weighted by molar-refractivity contribution is 7.26. The van der Waals surface area contributed by atoms with Crippen LogP contribution >= 0.6 is 11.3 Å². The number of nitrogens with zero attached hydrogens (tertiary/aromatic N) is 2. The van der Waals surface area contributed by atoms with Gasteiger partial charge in [-0.2, -0.15) is 0 Å². The van der Waals surface area contributed by atoms with Crippen LogP contribution in [0.4, 0.5) is 0 Å². The molecule has 10 aromatic rings. The van der Waals surface area contributed by atoms with Crippen LogP contribution in [0.2, 0.25) is 0 Å². The Labute approximate surface area is 268 Å². The maximum Gasteiger partial charge on any atom is 0.160 e. The maximum absolute atomic E-state index is 6.27. The summed E-state index contributed by atoms with van der Waals surface area (Å²) in [6.45, 7) is 0. The lowest BCUT2D eigenvalue weighted by molar-refractivity contribution is 0.669. The zero-order valence-corrected chi connectivity index (χ0v) is 25.4. The van der Waals surface area contributed by atoms with E-state index in [4.69, 9.17) is 14.4 Å². The van der Waals surface area contributed by atoms with Gasteiger partial charge in [-0.1, -0.05) is 97.1 Å². The highest BCUT2D eigenvalue weighted by Crippen LogP contribution is 2.43. The third-order valence-electron chi connectivity index (χ3n) is 9.05. The molecule has 0 N–H and O–H groups in total. The van der Waals surface area contributed by atoms with Gasteiger partial charge >= 0.3 is 0 Å². The lowest BCUT2D eigenvalue weighted by atomic mass is 9.95. The second-order valence-electron chi connectivity index (χ2n) is 11.8. The fourth-order valence-corrected chi connectivity index (χ4v) is 8.04. The normalized spacial score (nSPS) is 11.9. The van der Waals surface area contributed by atoms with E-state index in [9.17, 15) is 0 Å². The van der Waals surface area contributed by atoms with Gasteiger partial charge in [-0.3, -0.25) is 0 Å². The summed E-state index contributed by atoms with van der Waals surface area (Å²) in [6.07, 6.45) is 0. The van der Waals surface area contributed by atoms with Crippen molar-refractivity contribution in [1.29, 1.82) is 0 Å². The van der Waals surface area contributed by atoms with Crippen molar-refractivity contribution in [3.63, 3.8) is 0 Å². The van der Waals surface area contributed by atoms with E-state index < -0.39 is 0 Å². The number of fused-ring (bicyclic) bond motifs is 8. The average molecular weight is 605 g/mol. The van der Waals surface area contributed by atoms with Gasteiger partial charge in [-0.15, -0.1) is 11.3 Å². The second-order valence-corrected chi connectivity index (χ2v) is 12.9. The first-order valence-corrected chi connectivity index (χ1v) is 16.2. The zero-order valence-electron chi connectivity index (χ0n) is 24.6. The number of hydrogen-bond acceptors (Lipinski definition) is 4. The van der Waals surface area contributed by atoms with E-state index in [1.165, 1.54) is 42.1 Å². The van der Waals surface area contributed by atoms with Crippen LogP contribution in [0.5, 0.6) is 0 Å². The van der Waals surface area contributed by atoms with Crippen molar-refractivity contribution < 1.29 is 4.42 Å². The Kier molecular flexibility index (Phi) is 5.45. The van der Waals surface area contributed by atoms with Crippen molar-refractivity contribution >= 4 is 75.1 Å². The topological polar surface area (TPSA) is 38.9 Å². The fourth-order valence-electron chi connectivity index (χ4n) is 6.87. The van der Waals surface area contributed by atoms with E-state index in [0.29, 0.717) is 5.82 Å². The molecule has 46 heavy (non-hydrogen) atoms. The molecule has 3 nitrogen and oxygen atoms in total. The van der Waals surface area contributed by atoms with Gasteiger partial charge in [-0.25, -0.2) is 9.97 Å². The van der Waals surface area contributed by atoms with Crippen LogP contribution in [-0.2, 0) is 0 Å². The Hall–Kier alpha value is -5.84. The predicted octanol–water partition coefficient (Wildman–Crippen LogP) is 12.1. The van der Waals surface area contributed by atoms with E-state index in [2.05, 4.69) is 127 Å². The van der Waals surface area contributed by atoms with Crippen molar-refractivity contribution in [3.8, 4) is 33.8 Å². The van der Waals surface area contributed by atoms with E-state index in [1.807, 2.05) is 29.5 Å². The molecule has 3 aromatic heterocycles. The minimum Gasteiger partial charge on any atom is -0.456 e. The molecule has 4 heteroatoms. The van der Waals surface area contributed by atoms with Crippen LogP contribution in [0.1, 0.15) is 0 Å². The Bertz CT molecular complexity index is 2830. The molecule has 0 saturated heterocycles. The summed E-state index contributed by atoms with van der Waals surface area (Å²) in [7, 11) is 0. The van der Waals surface area contributed by atoms with Gasteiger partial charge in [0, 0.05) is 47.5 Å². The van der Waals surface area contributed by atoms with Crippen LogP contribution in [0.15, 0.2) is 150 Å². The van der Waals surface area contributed by atoms with Crippen molar-refractivity contribution in [2.75, 3.05) is 0 Å². The third kappa shape index (κ3) is 3.91. The second kappa shape index (κ2) is 9.83. The van der Waals surface area contributed by atoms with Crippen molar-refractivity contribution in [2.45, 2.75) is 0 Å². The van der Waals surface area contributed by atoms with E-state index in [1.54, 1.807) is 0 Å².